The highest BCUT2D eigenvalue weighted by molar-refractivity contribution is 7.89. The minimum atomic E-state index is -3.33. The highest BCUT2D eigenvalue weighted by Crippen LogP contribution is 2.37. The van der Waals surface area contributed by atoms with Crippen LogP contribution in [-0.4, -0.2) is 25.8 Å². The molecule has 20 heavy (non-hydrogen) atoms. The molecule has 3 nitrogen and oxygen atoms in total. The fourth-order valence-corrected chi connectivity index (χ4v) is 4.64. The molecule has 0 atom stereocenters. The van der Waals surface area contributed by atoms with Crippen molar-refractivity contribution in [3.63, 3.8) is 0 Å². The van der Waals surface area contributed by atoms with Crippen molar-refractivity contribution in [2.75, 3.05) is 13.1 Å². The highest BCUT2D eigenvalue weighted by Gasteiger charge is 2.30. The molecule has 1 aromatic rings. The van der Waals surface area contributed by atoms with Crippen LogP contribution in [0.4, 0.5) is 0 Å². The van der Waals surface area contributed by atoms with E-state index in [0.717, 1.165) is 24.0 Å². The van der Waals surface area contributed by atoms with Gasteiger partial charge in [0.2, 0.25) is 10.0 Å². The Morgan fingerprint density at radius 3 is 2.10 bits per heavy atom. The predicted octanol–water partition coefficient (Wildman–Crippen LogP) is 3.18. The van der Waals surface area contributed by atoms with Gasteiger partial charge in [-0.25, -0.2) is 8.42 Å². The lowest BCUT2D eigenvalue weighted by Crippen LogP contribution is -2.36. The van der Waals surface area contributed by atoms with E-state index in [1.165, 1.54) is 18.4 Å². The number of benzene rings is 1. The standard InChI is InChI=1S/C16H21NO2S/c1-12-3-6-16(13(2)11-12)20(18,19)17-9-7-15(8-10-17)14-4-5-14/h3,6,11H,4-5,7-10H2,1-2H3. The lowest BCUT2D eigenvalue weighted by Gasteiger charge is -2.28. The van der Waals surface area contributed by atoms with Gasteiger partial charge in [-0.05, 0) is 51.2 Å². The Bertz CT molecular complexity index is 658. The first-order valence-electron chi connectivity index (χ1n) is 7.25. The summed E-state index contributed by atoms with van der Waals surface area (Å²) in [5.74, 6) is 0. The fraction of sp³-hybridized carbons (Fsp3) is 0.500. The minimum Gasteiger partial charge on any atom is -0.207 e. The number of aryl methyl sites for hydroxylation is 2. The minimum absolute atomic E-state index is 0.464. The van der Waals surface area contributed by atoms with Crippen LogP contribution >= 0.6 is 0 Å². The van der Waals surface area contributed by atoms with E-state index in [2.05, 4.69) is 0 Å². The maximum absolute atomic E-state index is 12.7. The van der Waals surface area contributed by atoms with Gasteiger partial charge >= 0.3 is 0 Å². The molecule has 0 unspecified atom stereocenters. The molecule has 1 saturated heterocycles. The van der Waals surface area contributed by atoms with E-state index in [9.17, 15) is 8.42 Å². The van der Waals surface area contributed by atoms with Crippen molar-refractivity contribution >= 4 is 10.0 Å². The third-order valence-electron chi connectivity index (χ3n) is 4.27. The van der Waals surface area contributed by atoms with Crippen LogP contribution in [0.15, 0.2) is 34.2 Å². The maximum Gasteiger partial charge on any atom is 0.243 e. The molecule has 108 valence electrons. The Kier molecular flexibility index (Phi) is 3.46. The number of hydrogen-bond acceptors (Lipinski definition) is 2. The molecule has 0 spiro atoms. The van der Waals surface area contributed by atoms with Gasteiger partial charge in [-0.3, -0.25) is 0 Å². The second kappa shape index (κ2) is 5.01. The highest BCUT2D eigenvalue weighted by atomic mass is 32.2. The summed E-state index contributed by atoms with van der Waals surface area (Å²) in [5, 5.41) is 0. The van der Waals surface area contributed by atoms with Crippen molar-refractivity contribution in [3.05, 3.63) is 40.5 Å². The molecule has 2 aliphatic rings. The van der Waals surface area contributed by atoms with E-state index < -0.39 is 10.0 Å². The van der Waals surface area contributed by atoms with Crippen LogP contribution in [0.5, 0.6) is 0 Å². The fourth-order valence-electron chi connectivity index (χ4n) is 2.99. The van der Waals surface area contributed by atoms with Gasteiger partial charge in [-0.15, -0.1) is 0 Å². The summed E-state index contributed by atoms with van der Waals surface area (Å²) in [6.45, 7) is 5.13. The van der Waals surface area contributed by atoms with E-state index in [1.54, 1.807) is 15.9 Å². The molecule has 1 heterocycles. The third-order valence-corrected chi connectivity index (χ3v) is 6.33. The van der Waals surface area contributed by atoms with Gasteiger partial charge in [0.1, 0.15) is 0 Å². The van der Waals surface area contributed by atoms with Crippen LogP contribution in [0.3, 0.4) is 0 Å². The molecule has 1 aliphatic heterocycles. The van der Waals surface area contributed by atoms with Gasteiger partial charge in [0, 0.05) is 13.1 Å². The Morgan fingerprint density at radius 2 is 1.55 bits per heavy atom. The summed E-state index contributed by atoms with van der Waals surface area (Å²) in [4.78, 5) is 0.464. The van der Waals surface area contributed by atoms with E-state index in [-0.39, 0.29) is 0 Å². The molecule has 1 aliphatic carbocycles. The van der Waals surface area contributed by atoms with Crippen molar-refractivity contribution in [2.45, 2.75) is 44.4 Å². The van der Waals surface area contributed by atoms with Gasteiger partial charge in [-0.2, -0.15) is 4.31 Å². The predicted molar refractivity (Wildman–Crippen MR) is 80.2 cm³/mol. The number of piperidine rings is 1. The summed E-state index contributed by atoms with van der Waals surface area (Å²) in [5.41, 5.74) is 5.03. The van der Waals surface area contributed by atoms with Crippen molar-refractivity contribution in [1.29, 1.82) is 0 Å². The normalized spacial score (nSPS) is 20.3. The lowest BCUT2D eigenvalue weighted by atomic mass is 10.1. The molecule has 1 aromatic carbocycles. The molecule has 0 N–H and O–H groups in total. The molecular formula is C16H21NO2S. The summed E-state index contributed by atoms with van der Waals surface area (Å²) < 4.78 is 27.1. The number of nitrogens with zero attached hydrogens (tertiary/aromatic N) is 1. The molecule has 0 amide bonds. The number of rotatable bonds is 2. The summed E-state index contributed by atoms with van der Waals surface area (Å²) >= 11 is 0. The van der Waals surface area contributed by atoms with Crippen molar-refractivity contribution in [3.8, 4) is 0 Å². The molecule has 0 radical (unpaired) electrons. The molecule has 0 bridgehead atoms. The van der Waals surface area contributed by atoms with Crippen LogP contribution in [-0.2, 0) is 10.0 Å². The van der Waals surface area contributed by atoms with Gasteiger partial charge in [-0.1, -0.05) is 28.8 Å². The first-order chi connectivity index (χ1) is 9.48. The molecular weight excluding hydrogens is 270 g/mol. The first-order valence-corrected chi connectivity index (χ1v) is 8.69. The molecule has 0 aromatic heterocycles. The maximum atomic E-state index is 12.7. The van der Waals surface area contributed by atoms with Gasteiger partial charge in [0.15, 0.2) is 0 Å². The van der Waals surface area contributed by atoms with Gasteiger partial charge in [0.25, 0.3) is 0 Å². The molecule has 4 heteroatoms. The topological polar surface area (TPSA) is 37.4 Å². The zero-order valence-electron chi connectivity index (χ0n) is 12.1. The quantitative estimate of drug-likeness (QED) is 0.785. The summed E-state index contributed by atoms with van der Waals surface area (Å²) in [6, 6.07) is 5.56. The summed E-state index contributed by atoms with van der Waals surface area (Å²) in [6.07, 6.45) is 4.30. The first kappa shape index (κ1) is 13.8. The van der Waals surface area contributed by atoms with Crippen LogP contribution in [0, 0.1) is 13.8 Å². The van der Waals surface area contributed by atoms with Crippen LogP contribution in [0.2, 0.25) is 0 Å². The smallest absolute Gasteiger partial charge is 0.207 e. The van der Waals surface area contributed by atoms with E-state index >= 15 is 0 Å². The zero-order chi connectivity index (χ0) is 14.3. The second-order valence-electron chi connectivity index (χ2n) is 5.88. The molecule has 2 fully saturated rings. The van der Waals surface area contributed by atoms with Gasteiger partial charge < -0.3 is 0 Å². The van der Waals surface area contributed by atoms with Gasteiger partial charge in [0.05, 0.1) is 4.90 Å². The lowest BCUT2D eigenvalue weighted by molar-refractivity contribution is 0.386. The van der Waals surface area contributed by atoms with E-state index in [1.807, 2.05) is 26.0 Å². The van der Waals surface area contributed by atoms with E-state index in [4.69, 9.17) is 0 Å². The second-order valence-corrected chi connectivity index (χ2v) is 7.79. The van der Waals surface area contributed by atoms with Crippen LogP contribution in [0.1, 0.15) is 36.8 Å². The molecule has 1 saturated carbocycles. The third kappa shape index (κ3) is 2.54. The Morgan fingerprint density at radius 1 is 0.950 bits per heavy atom. The van der Waals surface area contributed by atoms with Crippen molar-refractivity contribution < 1.29 is 8.42 Å². The number of allylic oxidation sites excluding steroid dienone is 1. The molecule has 3 rings (SSSR count). The van der Waals surface area contributed by atoms with Crippen LogP contribution in [0.25, 0.3) is 0 Å². The largest absolute Gasteiger partial charge is 0.243 e. The van der Waals surface area contributed by atoms with Crippen molar-refractivity contribution in [2.24, 2.45) is 0 Å². The zero-order valence-corrected chi connectivity index (χ0v) is 13.0. The summed E-state index contributed by atoms with van der Waals surface area (Å²) in [7, 11) is -3.33. The Balaban J connectivity index is 1.83. The number of sulfonamides is 1. The Labute approximate surface area is 121 Å². The number of hydrogen-bond donors (Lipinski definition) is 0. The van der Waals surface area contributed by atoms with E-state index in [0.29, 0.717) is 18.0 Å². The monoisotopic (exact) mass is 291 g/mol. The average molecular weight is 291 g/mol. The average Bonchev–Trinajstić information content (AvgIpc) is 3.22. The Hall–Kier alpha value is -1.13. The van der Waals surface area contributed by atoms with Crippen LogP contribution < -0.4 is 0 Å². The van der Waals surface area contributed by atoms with Crippen molar-refractivity contribution in [1.82, 2.24) is 4.31 Å². The SMILES string of the molecule is Cc1ccc(S(=O)(=O)N2CCC(=C3CC3)CC2)c(C)c1.